The number of ether oxygens (including phenoxy) is 4. The lowest BCUT2D eigenvalue weighted by molar-refractivity contribution is -0.245. The van der Waals surface area contributed by atoms with Gasteiger partial charge in [0.05, 0.1) is 6.10 Å². The lowest BCUT2D eigenvalue weighted by Gasteiger charge is -2.52. The van der Waals surface area contributed by atoms with Crippen LogP contribution in [0.1, 0.15) is 27.2 Å². The van der Waals surface area contributed by atoms with Gasteiger partial charge in [-0.25, -0.2) is 0 Å². The van der Waals surface area contributed by atoms with Gasteiger partial charge in [0, 0.05) is 27.2 Å². The van der Waals surface area contributed by atoms with Crippen molar-refractivity contribution < 1.29 is 38.4 Å². The number of amides is 1. The number of carbonyl (C=O) groups is 3. The van der Waals surface area contributed by atoms with E-state index in [-0.39, 0.29) is 6.42 Å². The first kappa shape index (κ1) is 16.2. The summed E-state index contributed by atoms with van der Waals surface area (Å²) in [6, 6.07) is 0. The van der Waals surface area contributed by atoms with E-state index in [4.69, 9.17) is 18.9 Å². The average molecular weight is 329 g/mol. The molecular formula is C14H19NO8. The van der Waals surface area contributed by atoms with Crippen LogP contribution in [0.5, 0.6) is 0 Å². The second kappa shape index (κ2) is 5.43. The van der Waals surface area contributed by atoms with Gasteiger partial charge in [0.25, 0.3) is 0 Å². The molecular weight excluding hydrogens is 310 g/mol. The summed E-state index contributed by atoms with van der Waals surface area (Å²) in [5.74, 6) is -1.58. The van der Waals surface area contributed by atoms with Crippen LogP contribution in [-0.4, -0.2) is 65.3 Å². The molecule has 2 aliphatic heterocycles. The Morgan fingerprint density at radius 1 is 1.04 bits per heavy atom. The van der Waals surface area contributed by atoms with Gasteiger partial charge in [0.15, 0.2) is 18.5 Å². The molecule has 7 atom stereocenters. The summed E-state index contributed by atoms with van der Waals surface area (Å²) in [5, 5.41) is 13.0. The zero-order valence-electron chi connectivity index (χ0n) is 13.0. The highest BCUT2D eigenvalue weighted by atomic mass is 16.8. The molecule has 0 aromatic carbocycles. The van der Waals surface area contributed by atoms with Crippen molar-refractivity contribution in [1.82, 2.24) is 5.32 Å². The van der Waals surface area contributed by atoms with Crippen LogP contribution < -0.4 is 5.32 Å². The van der Waals surface area contributed by atoms with E-state index >= 15 is 0 Å². The molecule has 0 radical (unpaired) electrons. The van der Waals surface area contributed by atoms with Gasteiger partial charge < -0.3 is 29.4 Å². The highest BCUT2D eigenvalue weighted by molar-refractivity contribution is 5.75. The van der Waals surface area contributed by atoms with Gasteiger partial charge in [-0.3, -0.25) is 14.4 Å². The Hall–Kier alpha value is -1.71. The van der Waals surface area contributed by atoms with Gasteiger partial charge in [-0.2, -0.15) is 0 Å². The van der Waals surface area contributed by atoms with Crippen molar-refractivity contribution in [3.05, 3.63) is 0 Å². The molecule has 2 saturated heterocycles. The number of rotatable bonds is 3. The topological polar surface area (TPSA) is 120 Å². The smallest absolute Gasteiger partial charge is 0.303 e. The largest absolute Gasteiger partial charge is 0.457 e. The number of nitrogens with one attached hydrogen (secondary N) is 1. The van der Waals surface area contributed by atoms with Gasteiger partial charge in [-0.15, -0.1) is 0 Å². The van der Waals surface area contributed by atoms with E-state index in [1.807, 2.05) is 0 Å². The molecule has 0 aromatic rings. The molecule has 9 heteroatoms. The fourth-order valence-corrected chi connectivity index (χ4v) is 3.80. The molecule has 23 heavy (non-hydrogen) atoms. The van der Waals surface area contributed by atoms with Crippen molar-refractivity contribution in [2.75, 3.05) is 0 Å². The van der Waals surface area contributed by atoms with Gasteiger partial charge in [0.1, 0.15) is 17.7 Å². The molecule has 2 heterocycles. The molecule has 0 unspecified atom stereocenters. The first-order valence-electron chi connectivity index (χ1n) is 7.37. The van der Waals surface area contributed by atoms with Gasteiger partial charge in [-0.05, 0) is 0 Å². The Balaban J connectivity index is 2.07. The minimum Gasteiger partial charge on any atom is -0.457 e. The first-order valence-corrected chi connectivity index (χ1v) is 7.37. The lowest BCUT2D eigenvalue weighted by atomic mass is 9.70. The molecule has 1 aliphatic carbocycles. The molecule has 3 rings (SSSR count). The summed E-state index contributed by atoms with van der Waals surface area (Å²) in [4.78, 5) is 34.7. The second-order valence-electron chi connectivity index (χ2n) is 6.12. The Morgan fingerprint density at radius 3 is 2.17 bits per heavy atom. The molecule has 1 amide bonds. The molecule has 2 N–H and O–H groups in total. The van der Waals surface area contributed by atoms with Crippen LogP contribution in [0.4, 0.5) is 0 Å². The summed E-state index contributed by atoms with van der Waals surface area (Å²) in [5.41, 5.74) is -1.30. The van der Waals surface area contributed by atoms with Crippen molar-refractivity contribution in [2.24, 2.45) is 0 Å². The predicted octanol–water partition coefficient (Wildman–Crippen LogP) is -1.39. The number of aliphatic hydroxyl groups excluding tert-OH is 1. The number of esters is 2. The minimum absolute atomic E-state index is 0.0174. The van der Waals surface area contributed by atoms with Crippen LogP contribution >= 0.6 is 0 Å². The number of hydrogen-bond acceptors (Lipinski definition) is 8. The fourth-order valence-electron chi connectivity index (χ4n) is 3.80. The molecule has 9 nitrogen and oxygen atoms in total. The lowest BCUT2D eigenvalue weighted by Crippen LogP contribution is -2.76. The number of fused-ring (bicyclic) bond motifs is 2. The SMILES string of the molecule is CC(=O)N[C@]12C[C@@H](O)[C@@H]3O[C@H](O[C@H]3[C@H]1OC(C)=O)[C@H]2OC(C)=O. The number of carbonyl (C=O) groups excluding carboxylic acids is 3. The van der Waals surface area contributed by atoms with Crippen molar-refractivity contribution in [1.29, 1.82) is 0 Å². The second-order valence-corrected chi connectivity index (χ2v) is 6.12. The summed E-state index contributed by atoms with van der Waals surface area (Å²) in [7, 11) is 0. The summed E-state index contributed by atoms with van der Waals surface area (Å²) in [6.45, 7) is 3.74. The van der Waals surface area contributed by atoms with Gasteiger partial charge >= 0.3 is 11.9 Å². The molecule has 3 fully saturated rings. The highest BCUT2D eigenvalue weighted by Gasteiger charge is 2.71. The highest BCUT2D eigenvalue weighted by Crippen LogP contribution is 2.49. The molecule has 0 spiro atoms. The Kier molecular flexibility index (Phi) is 3.81. The third kappa shape index (κ3) is 2.48. The van der Waals surface area contributed by atoms with Crippen LogP contribution in [0.15, 0.2) is 0 Å². The van der Waals surface area contributed by atoms with Gasteiger partial charge in [0.2, 0.25) is 5.91 Å². The van der Waals surface area contributed by atoms with E-state index in [0.29, 0.717) is 0 Å². The Bertz CT molecular complexity index is 531. The number of hydrogen-bond donors (Lipinski definition) is 2. The Morgan fingerprint density at radius 2 is 1.61 bits per heavy atom. The van der Waals surface area contributed by atoms with E-state index in [1.165, 1.54) is 20.8 Å². The average Bonchev–Trinajstić information content (AvgIpc) is 2.77. The number of aliphatic hydroxyl groups is 1. The van der Waals surface area contributed by atoms with E-state index in [1.54, 1.807) is 0 Å². The van der Waals surface area contributed by atoms with E-state index in [2.05, 4.69) is 5.32 Å². The zero-order valence-corrected chi connectivity index (χ0v) is 13.0. The fraction of sp³-hybridized carbons (Fsp3) is 0.786. The molecule has 1 saturated carbocycles. The summed E-state index contributed by atoms with van der Waals surface area (Å²) < 4.78 is 21.9. The third-order valence-corrected chi connectivity index (χ3v) is 4.39. The maximum absolute atomic E-state index is 11.7. The van der Waals surface area contributed by atoms with E-state index in [0.717, 1.165) is 0 Å². The van der Waals surface area contributed by atoms with E-state index < -0.39 is 60.2 Å². The maximum Gasteiger partial charge on any atom is 0.303 e. The van der Waals surface area contributed by atoms with Crippen molar-refractivity contribution in [3.8, 4) is 0 Å². The van der Waals surface area contributed by atoms with Crippen LogP contribution in [0, 0.1) is 0 Å². The summed E-state index contributed by atoms with van der Waals surface area (Å²) in [6.07, 6.45) is -5.30. The summed E-state index contributed by atoms with van der Waals surface area (Å²) >= 11 is 0. The zero-order chi connectivity index (χ0) is 16.9. The van der Waals surface area contributed by atoms with Crippen LogP contribution in [-0.2, 0) is 33.3 Å². The molecule has 128 valence electrons. The maximum atomic E-state index is 11.7. The van der Waals surface area contributed by atoms with Crippen LogP contribution in [0.3, 0.4) is 0 Å². The molecule has 3 bridgehead atoms. The monoisotopic (exact) mass is 329 g/mol. The van der Waals surface area contributed by atoms with Crippen LogP contribution in [0.25, 0.3) is 0 Å². The van der Waals surface area contributed by atoms with Crippen molar-refractivity contribution >= 4 is 17.8 Å². The van der Waals surface area contributed by atoms with Crippen LogP contribution in [0.2, 0.25) is 0 Å². The third-order valence-electron chi connectivity index (χ3n) is 4.39. The van der Waals surface area contributed by atoms with Gasteiger partial charge in [-0.1, -0.05) is 0 Å². The van der Waals surface area contributed by atoms with E-state index in [9.17, 15) is 19.5 Å². The quantitative estimate of drug-likeness (QED) is 0.607. The minimum atomic E-state index is -1.30. The standard InChI is InChI=1S/C14H19NO8/c1-5(16)15-14-4-8(19)9-10(11(14)20-6(2)17)23-13(22-9)12(14)21-7(3)18/h8-13,19H,4H2,1-3H3,(H,15,16)/t8-,9+,10-,11-,12-,13-,14-/m1/s1. The molecule has 0 aromatic heterocycles. The normalized spacial score (nSPS) is 43.8. The molecule has 3 aliphatic rings. The predicted molar refractivity (Wildman–Crippen MR) is 71.8 cm³/mol. The Labute approximate surface area is 132 Å². The van der Waals surface area contributed by atoms with Crippen molar-refractivity contribution in [2.45, 2.75) is 69.5 Å². The van der Waals surface area contributed by atoms with Crippen molar-refractivity contribution in [3.63, 3.8) is 0 Å². The first-order chi connectivity index (χ1) is 10.7.